The number of hydrogen-bond acceptors (Lipinski definition) is 2. The second-order valence-corrected chi connectivity index (χ2v) is 7.97. The van der Waals surface area contributed by atoms with Gasteiger partial charge in [-0.1, -0.05) is 60.1 Å². The van der Waals surface area contributed by atoms with E-state index >= 15 is 0 Å². The zero-order valence-corrected chi connectivity index (χ0v) is 16.6. The number of aryl methyl sites for hydroxylation is 1. The van der Waals surface area contributed by atoms with Crippen molar-refractivity contribution in [3.05, 3.63) is 118 Å². The van der Waals surface area contributed by atoms with Crippen molar-refractivity contribution < 1.29 is 10.2 Å². The van der Waals surface area contributed by atoms with Crippen LogP contribution in [0.2, 0.25) is 5.02 Å². The van der Waals surface area contributed by atoms with Gasteiger partial charge in [0.05, 0.1) is 5.41 Å². The molecule has 29 heavy (non-hydrogen) atoms. The number of fused-ring (bicyclic) bond motifs is 3. The van der Waals surface area contributed by atoms with Crippen molar-refractivity contribution in [1.29, 1.82) is 0 Å². The van der Waals surface area contributed by atoms with Gasteiger partial charge in [-0.05, 0) is 82.3 Å². The Morgan fingerprint density at radius 3 is 1.83 bits per heavy atom. The van der Waals surface area contributed by atoms with E-state index < -0.39 is 5.41 Å². The highest BCUT2D eigenvalue weighted by molar-refractivity contribution is 6.31. The molecule has 1 aliphatic carbocycles. The Morgan fingerprint density at radius 2 is 1.24 bits per heavy atom. The second kappa shape index (κ2) is 6.40. The lowest BCUT2D eigenvalue weighted by Gasteiger charge is -2.34. The van der Waals surface area contributed by atoms with Gasteiger partial charge in [0, 0.05) is 5.02 Å². The summed E-state index contributed by atoms with van der Waals surface area (Å²) in [6.07, 6.45) is 0. The van der Waals surface area contributed by atoms with Crippen LogP contribution in [0.3, 0.4) is 0 Å². The Bertz CT molecular complexity index is 1180. The fraction of sp³-hybridized carbons (Fsp3) is 0.0769. The van der Waals surface area contributed by atoms with Gasteiger partial charge in [-0.2, -0.15) is 0 Å². The van der Waals surface area contributed by atoms with Crippen molar-refractivity contribution in [3.63, 3.8) is 0 Å². The van der Waals surface area contributed by atoms with Gasteiger partial charge < -0.3 is 10.2 Å². The summed E-state index contributed by atoms with van der Waals surface area (Å²) < 4.78 is 0. The predicted molar refractivity (Wildman–Crippen MR) is 117 cm³/mol. The highest BCUT2D eigenvalue weighted by atomic mass is 35.5. The van der Waals surface area contributed by atoms with Gasteiger partial charge in [0.2, 0.25) is 0 Å². The van der Waals surface area contributed by atoms with Crippen LogP contribution in [0.25, 0.3) is 11.1 Å². The summed E-state index contributed by atoms with van der Waals surface area (Å²) in [6, 6.07) is 27.2. The highest BCUT2D eigenvalue weighted by Gasteiger charge is 2.46. The average molecular weight is 399 g/mol. The van der Waals surface area contributed by atoms with E-state index in [-0.39, 0.29) is 11.5 Å². The van der Waals surface area contributed by atoms with Gasteiger partial charge in [-0.3, -0.25) is 0 Å². The van der Waals surface area contributed by atoms with E-state index in [2.05, 4.69) is 31.2 Å². The zero-order chi connectivity index (χ0) is 20.2. The lowest BCUT2D eigenvalue weighted by molar-refractivity contribution is 0.475. The van der Waals surface area contributed by atoms with Crippen LogP contribution in [0.4, 0.5) is 0 Å². The van der Waals surface area contributed by atoms with Crippen LogP contribution >= 0.6 is 11.6 Å². The molecule has 0 radical (unpaired) electrons. The van der Waals surface area contributed by atoms with E-state index in [0.29, 0.717) is 5.02 Å². The molecule has 2 nitrogen and oxygen atoms in total. The molecule has 0 bridgehead atoms. The van der Waals surface area contributed by atoms with Gasteiger partial charge in [0.15, 0.2) is 0 Å². The number of phenols is 2. The van der Waals surface area contributed by atoms with Gasteiger partial charge in [-0.15, -0.1) is 0 Å². The molecule has 0 fully saturated rings. The molecular formula is C26H19ClO2. The number of hydrogen-bond donors (Lipinski definition) is 2. The van der Waals surface area contributed by atoms with E-state index in [1.807, 2.05) is 36.4 Å². The number of phenolic OH excluding ortho intramolecular Hbond substituents is 2. The Kier molecular flexibility index (Phi) is 3.94. The number of benzene rings is 4. The summed E-state index contributed by atoms with van der Waals surface area (Å²) in [5.74, 6) is 0.451. The van der Waals surface area contributed by atoms with Crippen LogP contribution in [-0.4, -0.2) is 10.2 Å². The first-order valence-corrected chi connectivity index (χ1v) is 9.89. The van der Waals surface area contributed by atoms with E-state index in [9.17, 15) is 10.2 Å². The quantitative estimate of drug-likeness (QED) is 0.360. The maximum absolute atomic E-state index is 9.91. The van der Waals surface area contributed by atoms with Gasteiger partial charge in [0.1, 0.15) is 11.5 Å². The van der Waals surface area contributed by atoms with Crippen molar-refractivity contribution in [1.82, 2.24) is 0 Å². The second-order valence-electron chi connectivity index (χ2n) is 7.53. The number of aromatic hydroxyl groups is 2. The van der Waals surface area contributed by atoms with Crippen LogP contribution in [0.5, 0.6) is 11.5 Å². The average Bonchev–Trinajstić information content (AvgIpc) is 3.00. The highest BCUT2D eigenvalue weighted by Crippen LogP contribution is 2.57. The van der Waals surface area contributed by atoms with Crippen molar-refractivity contribution >= 4 is 11.6 Å². The molecule has 5 rings (SSSR count). The van der Waals surface area contributed by atoms with Crippen LogP contribution in [0, 0.1) is 6.92 Å². The molecule has 0 aliphatic heterocycles. The summed E-state index contributed by atoms with van der Waals surface area (Å²) in [5, 5.41) is 20.5. The summed E-state index contributed by atoms with van der Waals surface area (Å²) in [7, 11) is 0. The smallest absolute Gasteiger partial charge is 0.115 e. The third kappa shape index (κ3) is 2.49. The van der Waals surface area contributed by atoms with Crippen molar-refractivity contribution in [3.8, 4) is 22.6 Å². The number of halogens is 1. The topological polar surface area (TPSA) is 40.5 Å². The third-order valence-electron chi connectivity index (χ3n) is 5.91. The minimum Gasteiger partial charge on any atom is -0.508 e. The molecule has 4 aromatic rings. The minimum absolute atomic E-state index is 0.225. The first kappa shape index (κ1) is 17.8. The predicted octanol–water partition coefficient (Wildman–Crippen LogP) is 6.42. The fourth-order valence-corrected chi connectivity index (χ4v) is 5.05. The van der Waals surface area contributed by atoms with Crippen LogP contribution in [0.1, 0.15) is 27.8 Å². The molecule has 0 unspecified atom stereocenters. The Hall–Kier alpha value is -3.23. The summed E-state index contributed by atoms with van der Waals surface area (Å²) in [6.45, 7) is 2.09. The van der Waals surface area contributed by atoms with Gasteiger partial charge in [0.25, 0.3) is 0 Å². The first-order valence-electron chi connectivity index (χ1n) is 9.51. The monoisotopic (exact) mass is 398 g/mol. The zero-order valence-electron chi connectivity index (χ0n) is 15.9. The van der Waals surface area contributed by atoms with E-state index in [1.54, 1.807) is 24.3 Å². The van der Waals surface area contributed by atoms with Crippen molar-refractivity contribution in [2.24, 2.45) is 0 Å². The number of rotatable bonds is 2. The molecule has 2 N–H and O–H groups in total. The maximum Gasteiger partial charge on any atom is 0.115 e. The largest absolute Gasteiger partial charge is 0.508 e. The van der Waals surface area contributed by atoms with E-state index in [1.165, 1.54) is 11.1 Å². The first-order chi connectivity index (χ1) is 14.0. The molecule has 0 heterocycles. The van der Waals surface area contributed by atoms with Crippen LogP contribution in [0.15, 0.2) is 84.9 Å². The maximum atomic E-state index is 9.91. The molecule has 0 spiro atoms. The van der Waals surface area contributed by atoms with E-state index in [0.717, 1.165) is 27.8 Å². The molecule has 3 heteroatoms. The Labute approximate surface area is 174 Å². The van der Waals surface area contributed by atoms with E-state index in [4.69, 9.17) is 11.6 Å². The lowest BCUT2D eigenvalue weighted by atomic mass is 9.67. The standard InChI is InChI=1S/C26H19ClO2/c1-16-14-19(27)15-24-25(16)22-4-2-3-5-23(22)26(24,17-6-10-20(28)11-7-17)18-8-12-21(29)13-9-18/h2-15,28-29H,1H3. The molecule has 0 aromatic heterocycles. The lowest BCUT2D eigenvalue weighted by Crippen LogP contribution is -2.28. The molecule has 1 aliphatic rings. The molecule has 0 saturated carbocycles. The fourth-order valence-electron chi connectivity index (χ4n) is 4.78. The molecule has 4 aromatic carbocycles. The normalized spacial score (nSPS) is 13.7. The Morgan fingerprint density at radius 1 is 0.690 bits per heavy atom. The van der Waals surface area contributed by atoms with Gasteiger partial charge >= 0.3 is 0 Å². The molecule has 0 atom stereocenters. The van der Waals surface area contributed by atoms with Crippen molar-refractivity contribution in [2.75, 3.05) is 0 Å². The summed E-state index contributed by atoms with van der Waals surface area (Å²) >= 11 is 6.54. The molecule has 0 saturated heterocycles. The van der Waals surface area contributed by atoms with Gasteiger partial charge in [-0.25, -0.2) is 0 Å². The molecular weight excluding hydrogens is 380 g/mol. The van der Waals surface area contributed by atoms with Crippen LogP contribution in [-0.2, 0) is 5.41 Å². The molecule has 142 valence electrons. The third-order valence-corrected chi connectivity index (χ3v) is 6.12. The Balaban J connectivity index is 1.98. The summed E-state index contributed by atoms with van der Waals surface area (Å²) in [4.78, 5) is 0. The SMILES string of the molecule is Cc1cc(Cl)cc2c1-c1ccccc1C2(c1ccc(O)cc1)c1ccc(O)cc1. The molecule has 0 amide bonds. The van der Waals surface area contributed by atoms with Crippen molar-refractivity contribution in [2.45, 2.75) is 12.3 Å². The van der Waals surface area contributed by atoms with Crippen LogP contribution < -0.4 is 0 Å². The minimum atomic E-state index is -0.594. The summed E-state index contributed by atoms with van der Waals surface area (Å²) in [5.41, 5.74) is 7.24.